The van der Waals surface area contributed by atoms with Crippen LogP contribution in [0, 0.1) is 0 Å². The van der Waals surface area contributed by atoms with Crippen LogP contribution in [0.5, 0.6) is 11.5 Å². The molecule has 0 unspecified atom stereocenters. The van der Waals surface area contributed by atoms with Crippen molar-refractivity contribution in [2.45, 2.75) is 13.8 Å². The average molecular weight is 238 g/mol. The first-order valence-corrected chi connectivity index (χ1v) is 5.25. The molecule has 1 aliphatic heterocycles. The maximum Gasteiger partial charge on any atom is 0.345 e. The Morgan fingerprint density at radius 2 is 2.06 bits per heavy atom. The molecular formula is C12H14O5. The van der Waals surface area contributed by atoms with Crippen LogP contribution >= 0.6 is 0 Å². The summed E-state index contributed by atoms with van der Waals surface area (Å²) < 4.78 is 9.52. The predicted octanol–water partition coefficient (Wildman–Crippen LogP) is 1.78. The number of hydrogen-bond donors (Lipinski definition) is 1. The number of carbonyl (C=O) groups is 2. The van der Waals surface area contributed by atoms with Crippen molar-refractivity contribution < 1.29 is 24.2 Å². The van der Waals surface area contributed by atoms with Crippen LogP contribution in [0.15, 0.2) is 12.1 Å². The molecule has 0 spiro atoms. The van der Waals surface area contributed by atoms with Crippen molar-refractivity contribution in [3.63, 3.8) is 0 Å². The van der Waals surface area contributed by atoms with Gasteiger partial charge < -0.3 is 14.6 Å². The van der Waals surface area contributed by atoms with Gasteiger partial charge in [-0.05, 0) is 12.1 Å². The van der Waals surface area contributed by atoms with E-state index in [4.69, 9.17) is 4.74 Å². The second-order valence-corrected chi connectivity index (χ2v) is 3.04. The molecule has 0 saturated heterocycles. The molecule has 0 atom stereocenters. The molecular weight excluding hydrogens is 224 g/mol. The standard InChI is InChI=1S/C10H8O5.C2H6/c1-14-10(13)8-6(11)3-2-5-7(12)4-15-9(5)8;1-2/h2-3,11H,4H2,1H3;1-2H3. The Hall–Kier alpha value is -2.04. The van der Waals surface area contributed by atoms with Crippen molar-refractivity contribution in [1.82, 2.24) is 0 Å². The molecule has 17 heavy (non-hydrogen) atoms. The van der Waals surface area contributed by atoms with Crippen LogP contribution < -0.4 is 4.74 Å². The van der Waals surface area contributed by atoms with E-state index < -0.39 is 5.97 Å². The molecule has 1 aromatic carbocycles. The molecule has 0 saturated carbocycles. The van der Waals surface area contributed by atoms with E-state index in [9.17, 15) is 14.7 Å². The number of aromatic hydroxyl groups is 1. The monoisotopic (exact) mass is 238 g/mol. The molecule has 1 heterocycles. The molecule has 5 nitrogen and oxygen atoms in total. The maximum absolute atomic E-state index is 11.3. The van der Waals surface area contributed by atoms with Crippen LogP contribution in [-0.2, 0) is 4.74 Å². The van der Waals surface area contributed by atoms with E-state index in [1.807, 2.05) is 13.8 Å². The minimum atomic E-state index is -0.723. The van der Waals surface area contributed by atoms with Gasteiger partial charge in [-0.1, -0.05) is 13.8 Å². The van der Waals surface area contributed by atoms with E-state index in [1.165, 1.54) is 19.2 Å². The smallest absolute Gasteiger partial charge is 0.345 e. The Balaban J connectivity index is 0.000000686. The minimum absolute atomic E-state index is 0.0964. The topological polar surface area (TPSA) is 72.8 Å². The number of benzene rings is 1. The first-order valence-electron chi connectivity index (χ1n) is 5.25. The Morgan fingerprint density at radius 1 is 1.41 bits per heavy atom. The number of rotatable bonds is 1. The van der Waals surface area contributed by atoms with E-state index in [0.29, 0.717) is 5.56 Å². The lowest BCUT2D eigenvalue weighted by Gasteiger charge is -2.06. The van der Waals surface area contributed by atoms with Gasteiger partial charge in [-0.2, -0.15) is 0 Å². The SMILES string of the molecule is CC.COC(=O)c1c(O)ccc2c1OCC2=O. The van der Waals surface area contributed by atoms with Crippen molar-refractivity contribution in [1.29, 1.82) is 0 Å². The van der Waals surface area contributed by atoms with Gasteiger partial charge in [0, 0.05) is 0 Å². The van der Waals surface area contributed by atoms with Gasteiger partial charge in [-0.15, -0.1) is 0 Å². The fourth-order valence-electron chi connectivity index (χ4n) is 1.46. The Morgan fingerprint density at radius 3 is 2.65 bits per heavy atom. The van der Waals surface area contributed by atoms with Crippen LogP contribution in [-0.4, -0.2) is 30.6 Å². The van der Waals surface area contributed by atoms with Gasteiger partial charge in [0.25, 0.3) is 0 Å². The molecule has 1 aromatic rings. The second-order valence-electron chi connectivity index (χ2n) is 3.04. The molecule has 5 heteroatoms. The number of methoxy groups -OCH3 is 1. The lowest BCUT2D eigenvalue weighted by molar-refractivity contribution is 0.0592. The number of carbonyl (C=O) groups excluding carboxylic acids is 2. The van der Waals surface area contributed by atoms with Gasteiger partial charge in [-0.25, -0.2) is 4.79 Å². The predicted molar refractivity (Wildman–Crippen MR) is 60.6 cm³/mol. The number of phenolic OH excluding ortho intramolecular Hbond substituents is 1. The van der Waals surface area contributed by atoms with Crippen molar-refractivity contribution in [3.05, 3.63) is 23.3 Å². The maximum atomic E-state index is 11.3. The summed E-state index contributed by atoms with van der Waals surface area (Å²) in [5, 5.41) is 9.47. The van der Waals surface area contributed by atoms with Gasteiger partial charge in [0.2, 0.25) is 5.78 Å². The van der Waals surface area contributed by atoms with Gasteiger partial charge in [-0.3, -0.25) is 4.79 Å². The van der Waals surface area contributed by atoms with Crippen molar-refractivity contribution >= 4 is 11.8 Å². The third kappa shape index (κ3) is 2.22. The zero-order chi connectivity index (χ0) is 13.0. The van der Waals surface area contributed by atoms with E-state index in [1.54, 1.807) is 0 Å². The van der Waals surface area contributed by atoms with Gasteiger partial charge in [0.15, 0.2) is 6.61 Å². The van der Waals surface area contributed by atoms with E-state index in [-0.39, 0.29) is 29.5 Å². The summed E-state index contributed by atoms with van der Waals surface area (Å²) in [6, 6.07) is 2.70. The highest BCUT2D eigenvalue weighted by Gasteiger charge is 2.29. The number of fused-ring (bicyclic) bond motifs is 1. The highest BCUT2D eigenvalue weighted by molar-refractivity contribution is 6.07. The molecule has 0 aromatic heterocycles. The summed E-state index contributed by atoms with van der Waals surface area (Å²) in [6.45, 7) is 3.89. The molecule has 1 N–H and O–H groups in total. The third-order valence-electron chi connectivity index (χ3n) is 2.17. The summed E-state index contributed by atoms with van der Waals surface area (Å²) in [4.78, 5) is 22.6. The summed E-state index contributed by atoms with van der Waals surface area (Å²) >= 11 is 0. The van der Waals surface area contributed by atoms with Crippen molar-refractivity contribution in [3.8, 4) is 11.5 Å². The van der Waals surface area contributed by atoms with Crippen LogP contribution in [0.4, 0.5) is 0 Å². The zero-order valence-electron chi connectivity index (χ0n) is 9.94. The highest BCUT2D eigenvalue weighted by Crippen LogP contribution is 2.35. The number of hydrogen-bond acceptors (Lipinski definition) is 5. The number of Topliss-reactive ketones (excluding diaryl/α,β-unsaturated/α-hetero) is 1. The van der Waals surface area contributed by atoms with Gasteiger partial charge >= 0.3 is 5.97 Å². The lowest BCUT2D eigenvalue weighted by atomic mass is 10.1. The molecule has 0 fully saturated rings. The minimum Gasteiger partial charge on any atom is -0.507 e. The summed E-state index contributed by atoms with van der Waals surface area (Å²) in [6.07, 6.45) is 0. The molecule has 92 valence electrons. The molecule has 0 amide bonds. The van der Waals surface area contributed by atoms with Crippen LogP contribution in [0.25, 0.3) is 0 Å². The summed E-state index contributed by atoms with van der Waals surface area (Å²) in [5.41, 5.74) is 0.203. The molecule has 0 bridgehead atoms. The van der Waals surface area contributed by atoms with E-state index in [2.05, 4.69) is 4.74 Å². The number of phenols is 1. The molecule has 1 aliphatic rings. The molecule has 0 radical (unpaired) electrons. The van der Waals surface area contributed by atoms with Gasteiger partial charge in [0.1, 0.15) is 17.1 Å². The van der Waals surface area contributed by atoms with Crippen LogP contribution in [0.3, 0.4) is 0 Å². The number of ketones is 1. The Kier molecular flexibility index (Phi) is 4.09. The van der Waals surface area contributed by atoms with Crippen LogP contribution in [0.2, 0.25) is 0 Å². The Bertz CT molecular complexity index is 450. The first kappa shape index (κ1) is 13.0. The third-order valence-corrected chi connectivity index (χ3v) is 2.17. The fraction of sp³-hybridized carbons (Fsp3) is 0.333. The summed E-state index contributed by atoms with van der Waals surface area (Å²) in [7, 11) is 1.19. The van der Waals surface area contributed by atoms with E-state index >= 15 is 0 Å². The van der Waals surface area contributed by atoms with Gasteiger partial charge in [0.05, 0.1) is 12.7 Å². The molecule has 0 aliphatic carbocycles. The van der Waals surface area contributed by atoms with Crippen LogP contribution in [0.1, 0.15) is 34.6 Å². The van der Waals surface area contributed by atoms with E-state index in [0.717, 1.165) is 0 Å². The second kappa shape index (κ2) is 5.34. The number of ether oxygens (including phenoxy) is 2. The summed E-state index contributed by atoms with van der Waals surface area (Å²) in [5.74, 6) is -1.09. The quantitative estimate of drug-likeness (QED) is 0.755. The average Bonchev–Trinajstić information content (AvgIpc) is 2.72. The highest BCUT2D eigenvalue weighted by atomic mass is 16.5. The Labute approximate surface area is 99.0 Å². The van der Waals surface area contributed by atoms with Crippen molar-refractivity contribution in [2.24, 2.45) is 0 Å². The van der Waals surface area contributed by atoms with Crippen molar-refractivity contribution in [2.75, 3.05) is 13.7 Å². The largest absolute Gasteiger partial charge is 0.507 e. The fourth-order valence-corrected chi connectivity index (χ4v) is 1.46. The zero-order valence-corrected chi connectivity index (χ0v) is 9.94. The first-order chi connectivity index (χ1) is 8.15. The normalized spacial score (nSPS) is 12.1. The lowest BCUT2D eigenvalue weighted by Crippen LogP contribution is -2.04. The number of esters is 1. The molecule has 2 rings (SSSR count).